The average Bonchev–Trinajstić information content (AvgIpc) is 2.81. The Kier molecular flexibility index (Phi) is 3.83. The van der Waals surface area contributed by atoms with Gasteiger partial charge in [-0.2, -0.15) is 0 Å². The van der Waals surface area contributed by atoms with E-state index in [1.807, 2.05) is 29.2 Å². The van der Waals surface area contributed by atoms with E-state index >= 15 is 0 Å². The van der Waals surface area contributed by atoms with Gasteiger partial charge in [0.05, 0.1) is 22.3 Å². The van der Waals surface area contributed by atoms with Gasteiger partial charge in [0.2, 0.25) is 5.91 Å². The molecule has 1 atom stereocenters. The number of aromatic nitrogens is 1. The highest BCUT2D eigenvalue weighted by molar-refractivity contribution is 6.36. The summed E-state index contributed by atoms with van der Waals surface area (Å²) in [5.74, 6) is 0.109. The van der Waals surface area contributed by atoms with Crippen molar-refractivity contribution < 1.29 is 4.79 Å². The Morgan fingerprint density at radius 2 is 2.19 bits per heavy atom. The van der Waals surface area contributed by atoms with Crippen LogP contribution >= 0.6 is 11.6 Å². The Labute approximate surface area is 129 Å². The second-order valence-corrected chi connectivity index (χ2v) is 6.03. The molecule has 1 amide bonds. The number of nitrogens with one attached hydrogen (secondary N) is 1. The molecule has 2 aromatic rings. The second-order valence-electron chi connectivity index (χ2n) is 5.62. The quantitative estimate of drug-likeness (QED) is 0.948. The first-order valence-electron chi connectivity index (χ1n) is 7.18. The monoisotopic (exact) mass is 303 g/mol. The lowest BCUT2D eigenvalue weighted by Gasteiger charge is -2.20. The van der Waals surface area contributed by atoms with Gasteiger partial charge in [-0.15, -0.1) is 0 Å². The van der Waals surface area contributed by atoms with Gasteiger partial charge in [-0.05, 0) is 30.7 Å². The molecule has 5 heteroatoms. The molecule has 3 rings (SSSR count). The number of nitrogens with zero attached hydrogens (tertiary/aromatic N) is 2. The minimum Gasteiger partial charge on any atom is -0.309 e. The Morgan fingerprint density at radius 3 is 2.95 bits per heavy atom. The third-order valence-electron chi connectivity index (χ3n) is 3.73. The SMILES string of the molecule is CC(C)NC1CCN(c2ccc(Cl)c3cccnc23)C1=O. The Morgan fingerprint density at radius 1 is 1.38 bits per heavy atom. The van der Waals surface area contributed by atoms with Crippen LogP contribution in [0.15, 0.2) is 30.5 Å². The molecule has 0 aliphatic carbocycles. The molecule has 0 saturated carbocycles. The van der Waals surface area contributed by atoms with E-state index in [1.165, 1.54) is 0 Å². The number of pyridine rings is 1. The molecule has 4 nitrogen and oxygen atoms in total. The molecule has 1 fully saturated rings. The predicted octanol–water partition coefficient (Wildman–Crippen LogP) is 2.99. The van der Waals surface area contributed by atoms with Crippen molar-refractivity contribution in [3.63, 3.8) is 0 Å². The van der Waals surface area contributed by atoms with Crippen molar-refractivity contribution in [2.45, 2.75) is 32.4 Å². The van der Waals surface area contributed by atoms with E-state index in [9.17, 15) is 4.79 Å². The van der Waals surface area contributed by atoms with Gasteiger partial charge in [0.1, 0.15) is 0 Å². The summed E-state index contributed by atoms with van der Waals surface area (Å²) in [4.78, 5) is 18.8. The first kappa shape index (κ1) is 14.3. The fourth-order valence-electron chi connectivity index (χ4n) is 2.82. The number of benzene rings is 1. The standard InChI is InChI=1S/C16H18ClN3O/c1-10(2)19-13-7-9-20(16(13)21)14-6-5-12(17)11-4-3-8-18-15(11)14/h3-6,8,10,13,19H,7,9H2,1-2H3. The van der Waals surface area contributed by atoms with Crippen LogP contribution in [-0.2, 0) is 4.79 Å². The highest BCUT2D eigenvalue weighted by atomic mass is 35.5. The molecule has 1 N–H and O–H groups in total. The summed E-state index contributed by atoms with van der Waals surface area (Å²) in [5.41, 5.74) is 1.62. The number of rotatable bonds is 3. The molecular weight excluding hydrogens is 286 g/mol. The number of halogens is 1. The fraction of sp³-hybridized carbons (Fsp3) is 0.375. The first-order chi connectivity index (χ1) is 10.1. The van der Waals surface area contributed by atoms with Crippen LogP contribution in [0, 0.1) is 0 Å². The van der Waals surface area contributed by atoms with E-state index in [0.717, 1.165) is 23.0 Å². The summed E-state index contributed by atoms with van der Waals surface area (Å²) in [5, 5.41) is 4.85. The summed E-state index contributed by atoms with van der Waals surface area (Å²) in [6.07, 6.45) is 2.54. The van der Waals surface area contributed by atoms with Crippen molar-refractivity contribution in [2.24, 2.45) is 0 Å². The summed E-state index contributed by atoms with van der Waals surface area (Å²) < 4.78 is 0. The number of hydrogen-bond donors (Lipinski definition) is 1. The van der Waals surface area contributed by atoms with Gasteiger partial charge in [0.25, 0.3) is 0 Å². The third-order valence-corrected chi connectivity index (χ3v) is 4.06. The maximum Gasteiger partial charge on any atom is 0.244 e. The van der Waals surface area contributed by atoms with Crippen molar-refractivity contribution in [1.82, 2.24) is 10.3 Å². The summed E-state index contributed by atoms with van der Waals surface area (Å²) in [6, 6.07) is 7.68. The van der Waals surface area contributed by atoms with Crippen molar-refractivity contribution in [2.75, 3.05) is 11.4 Å². The van der Waals surface area contributed by atoms with E-state index in [0.29, 0.717) is 17.6 Å². The van der Waals surface area contributed by atoms with Crippen molar-refractivity contribution in [1.29, 1.82) is 0 Å². The Bertz CT molecular complexity index is 686. The Hall–Kier alpha value is -1.65. The molecule has 1 unspecified atom stereocenters. The van der Waals surface area contributed by atoms with Gasteiger partial charge in [0, 0.05) is 24.2 Å². The van der Waals surface area contributed by atoms with Crippen LogP contribution in [0.2, 0.25) is 5.02 Å². The predicted molar refractivity (Wildman–Crippen MR) is 85.8 cm³/mol. The zero-order valence-electron chi connectivity index (χ0n) is 12.1. The van der Waals surface area contributed by atoms with Gasteiger partial charge in [0.15, 0.2) is 0 Å². The van der Waals surface area contributed by atoms with Gasteiger partial charge < -0.3 is 10.2 Å². The molecule has 1 aliphatic rings. The van der Waals surface area contributed by atoms with E-state index in [2.05, 4.69) is 24.1 Å². The maximum atomic E-state index is 12.6. The van der Waals surface area contributed by atoms with Crippen molar-refractivity contribution in [3.8, 4) is 0 Å². The van der Waals surface area contributed by atoms with E-state index in [4.69, 9.17) is 11.6 Å². The zero-order chi connectivity index (χ0) is 15.0. The molecule has 1 saturated heterocycles. The van der Waals surface area contributed by atoms with Gasteiger partial charge in [-0.25, -0.2) is 0 Å². The average molecular weight is 304 g/mol. The number of fused-ring (bicyclic) bond motifs is 1. The van der Waals surface area contributed by atoms with Gasteiger partial charge in [-0.1, -0.05) is 25.4 Å². The van der Waals surface area contributed by atoms with Crippen LogP contribution in [0.1, 0.15) is 20.3 Å². The van der Waals surface area contributed by atoms with E-state index in [-0.39, 0.29) is 11.9 Å². The molecule has 110 valence electrons. The van der Waals surface area contributed by atoms with Crippen LogP contribution in [0.25, 0.3) is 10.9 Å². The molecule has 0 bridgehead atoms. The molecule has 21 heavy (non-hydrogen) atoms. The van der Waals surface area contributed by atoms with Crippen LogP contribution in [-0.4, -0.2) is 29.5 Å². The van der Waals surface area contributed by atoms with Crippen LogP contribution in [0.5, 0.6) is 0 Å². The molecule has 1 aliphatic heterocycles. The zero-order valence-corrected chi connectivity index (χ0v) is 12.9. The molecule has 0 radical (unpaired) electrons. The Balaban J connectivity index is 1.99. The first-order valence-corrected chi connectivity index (χ1v) is 7.56. The number of carbonyl (C=O) groups excluding carboxylic acids is 1. The fourth-order valence-corrected chi connectivity index (χ4v) is 3.03. The second kappa shape index (κ2) is 5.62. The summed E-state index contributed by atoms with van der Waals surface area (Å²) in [7, 11) is 0. The largest absolute Gasteiger partial charge is 0.309 e. The third kappa shape index (κ3) is 2.61. The minimum atomic E-state index is -0.112. The maximum absolute atomic E-state index is 12.6. The lowest BCUT2D eigenvalue weighted by atomic mass is 10.1. The van der Waals surface area contributed by atoms with Gasteiger partial charge in [-0.3, -0.25) is 9.78 Å². The number of amides is 1. The number of hydrogen-bond acceptors (Lipinski definition) is 3. The van der Waals surface area contributed by atoms with Gasteiger partial charge >= 0.3 is 0 Å². The molecule has 0 spiro atoms. The molecule has 1 aromatic heterocycles. The number of anilines is 1. The summed E-state index contributed by atoms with van der Waals surface area (Å²) in [6.45, 7) is 4.81. The van der Waals surface area contributed by atoms with Crippen LogP contribution < -0.4 is 10.2 Å². The highest BCUT2D eigenvalue weighted by Crippen LogP contribution is 2.32. The molecule has 1 aromatic carbocycles. The van der Waals surface area contributed by atoms with Crippen LogP contribution in [0.3, 0.4) is 0 Å². The normalized spacial score (nSPS) is 19.0. The topological polar surface area (TPSA) is 45.2 Å². The lowest BCUT2D eigenvalue weighted by molar-refractivity contribution is -0.118. The van der Waals surface area contributed by atoms with E-state index < -0.39 is 0 Å². The molecular formula is C16H18ClN3O. The minimum absolute atomic E-state index is 0.109. The van der Waals surface area contributed by atoms with E-state index in [1.54, 1.807) is 6.20 Å². The highest BCUT2D eigenvalue weighted by Gasteiger charge is 2.33. The summed E-state index contributed by atoms with van der Waals surface area (Å²) >= 11 is 6.21. The lowest BCUT2D eigenvalue weighted by Crippen LogP contribution is -2.41. The smallest absolute Gasteiger partial charge is 0.244 e. The number of carbonyl (C=O) groups is 1. The van der Waals surface area contributed by atoms with Crippen LogP contribution in [0.4, 0.5) is 5.69 Å². The van der Waals surface area contributed by atoms with Crippen molar-refractivity contribution in [3.05, 3.63) is 35.5 Å². The van der Waals surface area contributed by atoms with Crippen molar-refractivity contribution >= 4 is 34.1 Å². The molecule has 2 heterocycles.